The number of aliphatic hydroxyl groups excluding tert-OH is 1. The lowest BCUT2D eigenvalue weighted by molar-refractivity contribution is -0.211. The highest BCUT2D eigenvalue weighted by Gasteiger charge is 2.56. The van der Waals surface area contributed by atoms with E-state index in [4.69, 9.17) is 19.0 Å². The van der Waals surface area contributed by atoms with Gasteiger partial charge in [-0.05, 0) is 30.0 Å². The second-order valence-corrected chi connectivity index (χ2v) is 9.64. The van der Waals surface area contributed by atoms with Crippen molar-refractivity contribution >= 4 is 0 Å². The zero-order valence-corrected chi connectivity index (χ0v) is 20.7. The molecule has 5 rings (SSSR count). The van der Waals surface area contributed by atoms with Gasteiger partial charge in [0.1, 0.15) is 18.3 Å². The van der Waals surface area contributed by atoms with Crippen molar-refractivity contribution in [2.24, 2.45) is 0 Å². The molecule has 3 aromatic carbocycles. The van der Waals surface area contributed by atoms with Crippen LogP contribution in [0, 0.1) is 0 Å². The largest absolute Gasteiger partial charge is 0.391 e. The van der Waals surface area contributed by atoms with Crippen LogP contribution in [0.4, 0.5) is 0 Å². The molecule has 36 heavy (non-hydrogen) atoms. The Labute approximate surface area is 213 Å². The van der Waals surface area contributed by atoms with Crippen LogP contribution in [0.2, 0.25) is 0 Å². The van der Waals surface area contributed by atoms with E-state index in [2.05, 4.69) is 36.4 Å². The van der Waals surface area contributed by atoms with Gasteiger partial charge in [-0.3, -0.25) is 4.84 Å². The highest BCUT2D eigenvalue weighted by Crippen LogP contribution is 2.40. The molecule has 6 nitrogen and oxygen atoms in total. The van der Waals surface area contributed by atoms with Crippen molar-refractivity contribution in [2.75, 3.05) is 6.61 Å². The lowest BCUT2D eigenvalue weighted by Crippen LogP contribution is -2.43. The van der Waals surface area contributed by atoms with Gasteiger partial charge in [0.2, 0.25) is 0 Å². The fraction of sp³-hybridized carbons (Fsp3) is 0.400. The Morgan fingerprint density at radius 2 is 1.28 bits per heavy atom. The molecule has 0 unspecified atom stereocenters. The number of fused-ring (bicyclic) bond motifs is 1. The van der Waals surface area contributed by atoms with Crippen LogP contribution >= 0.6 is 0 Å². The van der Waals surface area contributed by atoms with E-state index in [9.17, 15) is 5.11 Å². The molecular formula is C30H35NO5. The first kappa shape index (κ1) is 25.1. The summed E-state index contributed by atoms with van der Waals surface area (Å²) in [7, 11) is 0. The fourth-order valence-electron chi connectivity index (χ4n) is 5.08. The van der Waals surface area contributed by atoms with Crippen molar-refractivity contribution in [1.82, 2.24) is 5.06 Å². The summed E-state index contributed by atoms with van der Waals surface area (Å²) in [5.41, 5.74) is 3.34. The summed E-state index contributed by atoms with van der Waals surface area (Å²) in [5, 5.41) is 12.3. The van der Waals surface area contributed by atoms with E-state index in [1.807, 2.05) is 59.7 Å². The molecule has 3 aromatic rings. The quantitative estimate of drug-likeness (QED) is 0.428. The lowest BCUT2D eigenvalue weighted by atomic mass is 10.0. The first-order valence-corrected chi connectivity index (χ1v) is 12.7. The standard InChI is InChI=1S/C30H35NO5/c1-22(32)28-17-26-29(34-19-24-13-7-3-8-14-24)30(35-20-25-15-9-4-10-16-25)27(31(26)36-28)21-33-18-23-11-5-2-6-12-23/h2-16,22,26-30,32H,17-21H2,1H3/t22-,26-,27-,28-,29-,30-/m1/s1. The van der Waals surface area contributed by atoms with Crippen molar-refractivity contribution in [3.63, 3.8) is 0 Å². The summed E-state index contributed by atoms with van der Waals surface area (Å²) in [6, 6.07) is 30.3. The molecule has 0 amide bonds. The molecule has 0 bridgehead atoms. The molecular weight excluding hydrogens is 454 g/mol. The van der Waals surface area contributed by atoms with Crippen LogP contribution in [0.3, 0.4) is 0 Å². The number of ether oxygens (including phenoxy) is 3. The molecule has 0 aliphatic carbocycles. The van der Waals surface area contributed by atoms with Gasteiger partial charge in [0, 0.05) is 0 Å². The zero-order chi connectivity index (χ0) is 24.7. The zero-order valence-electron chi connectivity index (χ0n) is 20.7. The van der Waals surface area contributed by atoms with Gasteiger partial charge in [-0.1, -0.05) is 91.0 Å². The van der Waals surface area contributed by atoms with Gasteiger partial charge in [-0.25, -0.2) is 0 Å². The summed E-state index contributed by atoms with van der Waals surface area (Å²) in [6.45, 7) is 3.68. The third kappa shape index (κ3) is 6.03. The van der Waals surface area contributed by atoms with Gasteiger partial charge in [0.25, 0.3) is 0 Å². The van der Waals surface area contributed by atoms with E-state index >= 15 is 0 Å². The number of aliphatic hydroxyl groups is 1. The summed E-state index contributed by atoms with van der Waals surface area (Å²) >= 11 is 0. The number of nitrogens with zero attached hydrogens (tertiary/aromatic N) is 1. The van der Waals surface area contributed by atoms with E-state index in [0.29, 0.717) is 32.8 Å². The minimum Gasteiger partial charge on any atom is -0.391 e. The van der Waals surface area contributed by atoms with Crippen LogP contribution in [-0.4, -0.2) is 53.3 Å². The first-order valence-electron chi connectivity index (χ1n) is 12.7. The number of benzene rings is 3. The SMILES string of the molecule is C[C@@H](O)[C@H]1C[C@@H]2[C@@H](OCc3ccccc3)[C@H](OCc3ccccc3)[C@@H](COCc3ccccc3)N2O1. The van der Waals surface area contributed by atoms with Crippen molar-refractivity contribution < 1.29 is 24.2 Å². The Bertz CT molecular complexity index is 1050. The maximum absolute atomic E-state index is 10.3. The molecule has 190 valence electrons. The Kier molecular flexibility index (Phi) is 8.43. The molecule has 6 atom stereocenters. The highest BCUT2D eigenvalue weighted by atomic mass is 16.7. The maximum Gasteiger partial charge on any atom is 0.107 e. The number of hydroxylamine groups is 2. The maximum atomic E-state index is 10.3. The monoisotopic (exact) mass is 489 g/mol. The average molecular weight is 490 g/mol. The third-order valence-electron chi connectivity index (χ3n) is 6.98. The van der Waals surface area contributed by atoms with Crippen LogP contribution in [0.15, 0.2) is 91.0 Å². The van der Waals surface area contributed by atoms with Crippen molar-refractivity contribution in [2.45, 2.75) is 69.7 Å². The number of hydrogen-bond acceptors (Lipinski definition) is 6. The minimum absolute atomic E-state index is 0.0283. The van der Waals surface area contributed by atoms with Crippen LogP contribution in [0.5, 0.6) is 0 Å². The minimum atomic E-state index is -0.569. The van der Waals surface area contributed by atoms with Gasteiger partial charge in [-0.15, -0.1) is 0 Å². The van der Waals surface area contributed by atoms with Gasteiger partial charge in [-0.2, -0.15) is 5.06 Å². The van der Waals surface area contributed by atoms with Crippen molar-refractivity contribution in [3.8, 4) is 0 Å². The molecule has 0 radical (unpaired) electrons. The van der Waals surface area contributed by atoms with Gasteiger partial charge in [0.05, 0.1) is 44.6 Å². The van der Waals surface area contributed by atoms with Crippen LogP contribution in [-0.2, 0) is 38.9 Å². The van der Waals surface area contributed by atoms with E-state index in [1.54, 1.807) is 6.92 Å². The predicted molar refractivity (Wildman–Crippen MR) is 137 cm³/mol. The van der Waals surface area contributed by atoms with E-state index in [-0.39, 0.29) is 30.4 Å². The average Bonchev–Trinajstić information content (AvgIpc) is 3.46. The molecule has 2 saturated heterocycles. The van der Waals surface area contributed by atoms with Crippen molar-refractivity contribution in [1.29, 1.82) is 0 Å². The Hall–Kier alpha value is -2.58. The Balaban J connectivity index is 1.35. The third-order valence-corrected chi connectivity index (χ3v) is 6.98. The normalized spacial score (nSPS) is 26.7. The molecule has 0 aromatic heterocycles. The van der Waals surface area contributed by atoms with E-state index in [0.717, 1.165) is 16.7 Å². The Morgan fingerprint density at radius 3 is 1.81 bits per heavy atom. The van der Waals surface area contributed by atoms with Gasteiger partial charge in [0.15, 0.2) is 0 Å². The highest BCUT2D eigenvalue weighted by molar-refractivity contribution is 5.16. The van der Waals surface area contributed by atoms with Crippen LogP contribution in [0.1, 0.15) is 30.0 Å². The van der Waals surface area contributed by atoms with Gasteiger partial charge >= 0.3 is 0 Å². The van der Waals surface area contributed by atoms with E-state index < -0.39 is 6.10 Å². The molecule has 2 aliphatic heterocycles. The molecule has 0 spiro atoms. The fourth-order valence-corrected chi connectivity index (χ4v) is 5.08. The topological polar surface area (TPSA) is 60.4 Å². The van der Waals surface area contributed by atoms with Crippen LogP contribution in [0.25, 0.3) is 0 Å². The van der Waals surface area contributed by atoms with Crippen molar-refractivity contribution in [3.05, 3.63) is 108 Å². The summed E-state index contributed by atoms with van der Waals surface area (Å²) in [4.78, 5) is 6.27. The Morgan fingerprint density at radius 1 is 0.778 bits per heavy atom. The summed E-state index contributed by atoms with van der Waals surface area (Å²) in [6.07, 6.45) is -0.630. The summed E-state index contributed by atoms with van der Waals surface area (Å²) < 4.78 is 19.3. The molecule has 1 N–H and O–H groups in total. The second kappa shape index (κ2) is 12.1. The summed E-state index contributed by atoms with van der Waals surface area (Å²) in [5.74, 6) is 0. The van der Waals surface area contributed by atoms with Gasteiger partial charge < -0.3 is 19.3 Å². The molecule has 0 saturated carbocycles. The number of hydrogen-bond donors (Lipinski definition) is 1. The molecule has 2 fully saturated rings. The first-order chi connectivity index (χ1) is 17.7. The predicted octanol–water partition coefficient (Wildman–Crippen LogP) is 4.51. The molecule has 2 aliphatic rings. The van der Waals surface area contributed by atoms with Crippen LogP contribution < -0.4 is 0 Å². The molecule has 6 heteroatoms. The number of rotatable bonds is 11. The van der Waals surface area contributed by atoms with E-state index in [1.165, 1.54) is 0 Å². The molecule has 2 heterocycles. The second-order valence-electron chi connectivity index (χ2n) is 9.64. The smallest absolute Gasteiger partial charge is 0.107 e. The lowest BCUT2D eigenvalue weighted by Gasteiger charge is -2.29.